The van der Waals surface area contributed by atoms with Crippen LogP contribution in [0.5, 0.6) is 5.75 Å². The molecule has 0 aliphatic carbocycles. The van der Waals surface area contributed by atoms with E-state index >= 15 is 0 Å². The third kappa shape index (κ3) is 5.43. The van der Waals surface area contributed by atoms with Crippen LogP contribution in [0.2, 0.25) is 0 Å². The van der Waals surface area contributed by atoms with Crippen LogP contribution in [0.1, 0.15) is 29.2 Å². The Labute approximate surface area is 169 Å². The van der Waals surface area contributed by atoms with Gasteiger partial charge in [-0.2, -0.15) is 11.3 Å². The quantitative estimate of drug-likeness (QED) is 0.631. The number of carbonyl (C=O) groups excluding carboxylic acids is 2. The standard InChI is InChI=1S/C21H27N3O3S/c1-13-9-17(25)10-14(2)18(13)11-19(22)21(27)24(15(3)20(23)26)7-4-5-16-6-8-28-12-16/h4-6,8-10,12,15,19,25H,7,11,22H2,1-3H3,(H2,23,26)/t15-,19+/m1/s1. The third-order valence-corrected chi connectivity index (χ3v) is 5.44. The van der Waals surface area contributed by atoms with Crippen molar-refractivity contribution in [2.45, 2.75) is 39.3 Å². The van der Waals surface area contributed by atoms with E-state index in [-0.39, 0.29) is 18.2 Å². The zero-order chi connectivity index (χ0) is 20.8. The topological polar surface area (TPSA) is 110 Å². The van der Waals surface area contributed by atoms with Gasteiger partial charge in [-0.05, 0) is 78.4 Å². The summed E-state index contributed by atoms with van der Waals surface area (Å²) >= 11 is 1.58. The van der Waals surface area contributed by atoms with Crippen molar-refractivity contribution in [1.29, 1.82) is 0 Å². The predicted molar refractivity (Wildman–Crippen MR) is 113 cm³/mol. The number of nitrogens with zero attached hydrogens (tertiary/aromatic N) is 1. The number of rotatable bonds is 8. The second kappa shape index (κ2) is 9.52. The molecule has 0 unspecified atom stereocenters. The fraction of sp³-hybridized carbons (Fsp3) is 0.333. The number of phenolic OH excluding ortho intramolecular Hbond substituents is 1. The van der Waals surface area contributed by atoms with Crippen LogP contribution in [0.4, 0.5) is 0 Å². The summed E-state index contributed by atoms with van der Waals surface area (Å²) in [5, 5.41) is 13.6. The number of thiophene rings is 1. The number of primary amides is 1. The summed E-state index contributed by atoms with van der Waals surface area (Å²) in [6.07, 6.45) is 4.03. The van der Waals surface area contributed by atoms with Crippen LogP contribution in [0, 0.1) is 13.8 Å². The molecule has 0 aliphatic rings. The lowest BCUT2D eigenvalue weighted by Crippen LogP contribution is -2.52. The van der Waals surface area contributed by atoms with E-state index in [0.717, 1.165) is 22.3 Å². The Morgan fingerprint density at radius 3 is 2.46 bits per heavy atom. The highest BCUT2D eigenvalue weighted by atomic mass is 32.1. The van der Waals surface area contributed by atoms with Gasteiger partial charge in [-0.25, -0.2) is 0 Å². The van der Waals surface area contributed by atoms with E-state index in [0.29, 0.717) is 6.42 Å². The van der Waals surface area contributed by atoms with Gasteiger partial charge in [-0.1, -0.05) is 12.2 Å². The highest BCUT2D eigenvalue weighted by molar-refractivity contribution is 7.08. The maximum Gasteiger partial charge on any atom is 0.240 e. The van der Waals surface area contributed by atoms with Crippen LogP contribution in [-0.2, 0) is 16.0 Å². The number of phenols is 1. The van der Waals surface area contributed by atoms with Crippen molar-refractivity contribution in [1.82, 2.24) is 4.90 Å². The van der Waals surface area contributed by atoms with Crippen molar-refractivity contribution in [3.8, 4) is 5.75 Å². The molecule has 2 atom stereocenters. The molecule has 2 rings (SSSR count). The molecule has 0 saturated heterocycles. The van der Waals surface area contributed by atoms with Crippen molar-refractivity contribution in [3.05, 3.63) is 57.3 Å². The van der Waals surface area contributed by atoms with Gasteiger partial charge in [0.15, 0.2) is 0 Å². The number of hydrogen-bond donors (Lipinski definition) is 3. The fourth-order valence-electron chi connectivity index (χ4n) is 3.08. The summed E-state index contributed by atoms with van der Waals surface area (Å²) in [6, 6.07) is 3.67. The normalized spacial score (nSPS) is 13.4. The van der Waals surface area contributed by atoms with E-state index in [4.69, 9.17) is 11.5 Å². The van der Waals surface area contributed by atoms with Crippen molar-refractivity contribution in [2.24, 2.45) is 11.5 Å². The molecular formula is C21H27N3O3S. The predicted octanol–water partition coefficient (Wildman–Crippen LogP) is 2.36. The van der Waals surface area contributed by atoms with E-state index in [9.17, 15) is 14.7 Å². The summed E-state index contributed by atoms with van der Waals surface area (Å²) in [5.74, 6) is -0.740. The first kappa shape index (κ1) is 21.7. The number of aromatic hydroxyl groups is 1. The molecule has 2 aromatic rings. The highest BCUT2D eigenvalue weighted by Gasteiger charge is 2.28. The number of benzene rings is 1. The van der Waals surface area contributed by atoms with Gasteiger partial charge in [0.05, 0.1) is 6.04 Å². The SMILES string of the molecule is Cc1cc(O)cc(C)c1C[C@H](N)C(=O)N(CC=Cc1ccsc1)[C@H](C)C(N)=O. The molecule has 28 heavy (non-hydrogen) atoms. The Bertz CT molecular complexity index is 839. The van der Waals surface area contributed by atoms with E-state index in [1.54, 1.807) is 30.4 Å². The molecule has 1 aromatic heterocycles. The molecule has 7 heteroatoms. The minimum atomic E-state index is -0.821. The second-order valence-electron chi connectivity index (χ2n) is 6.90. The van der Waals surface area contributed by atoms with Gasteiger partial charge in [-0.3, -0.25) is 9.59 Å². The molecule has 0 spiro atoms. The summed E-state index contributed by atoms with van der Waals surface area (Å²) < 4.78 is 0. The van der Waals surface area contributed by atoms with E-state index in [1.807, 2.05) is 42.8 Å². The fourth-order valence-corrected chi connectivity index (χ4v) is 3.71. The Balaban J connectivity index is 2.17. The first-order valence-electron chi connectivity index (χ1n) is 9.04. The molecule has 2 amide bonds. The van der Waals surface area contributed by atoms with Gasteiger partial charge in [0.1, 0.15) is 11.8 Å². The molecule has 0 radical (unpaired) electrons. The first-order chi connectivity index (χ1) is 13.2. The van der Waals surface area contributed by atoms with Gasteiger partial charge < -0.3 is 21.5 Å². The van der Waals surface area contributed by atoms with Crippen molar-refractivity contribution >= 4 is 29.2 Å². The Morgan fingerprint density at radius 1 is 1.29 bits per heavy atom. The zero-order valence-corrected chi connectivity index (χ0v) is 17.2. The largest absolute Gasteiger partial charge is 0.508 e. The lowest BCUT2D eigenvalue weighted by atomic mass is 9.95. The van der Waals surface area contributed by atoms with Gasteiger partial charge >= 0.3 is 0 Å². The van der Waals surface area contributed by atoms with Crippen LogP contribution in [0.15, 0.2) is 35.0 Å². The molecule has 0 saturated carbocycles. The Hall–Kier alpha value is -2.64. The van der Waals surface area contributed by atoms with Crippen LogP contribution in [0.25, 0.3) is 6.08 Å². The first-order valence-corrected chi connectivity index (χ1v) is 9.98. The second-order valence-corrected chi connectivity index (χ2v) is 7.68. The summed E-state index contributed by atoms with van der Waals surface area (Å²) in [6.45, 7) is 5.57. The number of amides is 2. The number of aryl methyl sites for hydroxylation is 2. The number of carbonyl (C=O) groups is 2. The minimum Gasteiger partial charge on any atom is -0.508 e. The zero-order valence-electron chi connectivity index (χ0n) is 16.4. The van der Waals surface area contributed by atoms with E-state index in [2.05, 4.69) is 0 Å². The highest BCUT2D eigenvalue weighted by Crippen LogP contribution is 2.22. The number of nitrogens with two attached hydrogens (primary N) is 2. The molecular weight excluding hydrogens is 374 g/mol. The van der Waals surface area contributed by atoms with Gasteiger partial charge in [0.25, 0.3) is 0 Å². The minimum absolute atomic E-state index is 0.182. The lowest BCUT2D eigenvalue weighted by Gasteiger charge is -2.29. The van der Waals surface area contributed by atoms with Gasteiger partial charge in [-0.15, -0.1) is 0 Å². The van der Waals surface area contributed by atoms with Crippen LogP contribution < -0.4 is 11.5 Å². The van der Waals surface area contributed by atoms with Crippen molar-refractivity contribution in [3.63, 3.8) is 0 Å². The maximum absolute atomic E-state index is 13.0. The lowest BCUT2D eigenvalue weighted by molar-refractivity contribution is -0.139. The van der Waals surface area contributed by atoms with Crippen molar-refractivity contribution < 1.29 is 14.7 Å². The average molecular weight is 402 g/mol. The van der Waals surface area contributed by atoms with Crippen LogP contribution in [-0.4, -0.2) is 40.4 Å². The van der Waals surface area contributed by atoms with E-state index in [1.165, 1.54) is 4.90 Å². The summed E-state index contributed by atoms with van der Waals surface area (Å²) in [5.41, 5.74) is 15.3. The van der Waals surface area contributed by atoms with Gasteiger partial charge in [0, 0.05) is 6.54 Å². The van der Waals surface area contributed by atoms with Crippen molar-refractivity contribution in [2.75, 3.05) is 6.54 Å². The smallest absolute Gasteiger partial charge is 0.240 e. The maximum atomic E-state index is 13.0. The molecule has 150 valence electrons. The average Bonchev–Trinajstić information content (AvgIpc) is 3.13. The van der Waals surface area contributed by atoms with Crippen LogP contribution >= 0.6 is 11.3 Å². The molecule has 0 aliphatic heterocycles. The molecule has 1 heterocycles. The third-order valence-electron chi connectivity index (χ3n) is 4.74. The monoisotopic (exact) mass is 401 g/mol. The Morgan fingerprint density at radius 2 is 1.93 bits per heavy atom. The Kier molecular flexibility index (Phi) is 7.37. The summed E-state index contributed by atoms with van der Waals surface area (Å²) in [7, 11) is 0. The van der Waals surface area contributed by atoms with Crippen LogP contribution in [0.3, 0.4) is 0 Å². The summed E-state index contributed by atoms with van der Waals surface area (Å²) in [4.78, 5) is 26.1. The molecule has 6 nitrogen and oxygen atoms in total. The molecule has 1 aromatic carbocycles. The molecule has 0 bridgehead atoms. The van der Waals surface area contributed by atoms with E-state index < -0.39 is 18.0 Å². The molecule has 5 N–H and O–H groups in total. The number of hydrogen-bond acceptors (Lipinski definition) is 5. The molecule has 0 fully saturated rings. The van der Waals surface area contributed by atoms with Gasteiger partial charge in [0.2, 0.25) is 11.8 Å².